The summed E-state index contributed by atoms with van der Waals surface area (Å²) in [5, 5.41) is 11.4. The molecule has 0 aromatic heterocycles. The summed E-state index contributed by atoms with van der Waals surface area (Å²) < 4.78 is 6.48. The number of nitrogens with zero attached hydrogens (tertiary/aromatic N) is 1. The van der Waals surface area contributed by atoms with Crippen molar-refractivity contribution in [3.8, 4) is 5.75 Å². The number of rotatable bonds is 6. The van der Waals surface area contributed by atoms with E-state index >= 15 is 0 Å². The molecule has 0 unspecified atom stereocenters. The van der Waals surface area contributed by atoms with Crippen LogP contribution in [0.15, 0.2) is 46.6 Å². The number of urea groups is 1. The van der Waals surface area contributed by atoms with Crippen LogP contribution in [-0.2, 0) is 16.1 Å². The minimum Gasteiger partial charge on any atom is -0.480 e. The minimum atomic E-state index is -1.08. The second-order valence-electron chi connectivity index (χ2n) is 6.36. The fourth-order valence-corrected chi connectivity index (χ4v) is 4.46. The van der Waals surface area contributed by atoms with Crippen molar-refractivity contribution < 1.29 is 24.2 Å². The van der Waals surface area contributed by atoms with Crippen molar-refractivity contribution in [2.75, 3.05) is 6.61 Å². The molecule has 9 heteroatoms. The van der Waals surface area contributed by atoms with Crippen molar-refractivity contribution in [2.45, 2.75) is 13.5 Å². The molecule has 0 bridgehead atoms. The topological polar surface area (TPSA) is 95.9 Å². The van der Waals surface area contributed by atoms with Gasteiger partial charge in [-0.2, -0.15) is 0 Å². The molecule has 3 amide bonds. The van der Waals surface area contributed by atoms with Gasteiger partial charge in [0.15, 0.2) is 6.61 Å². The monoisotopic (exact) mass is 570 g/mol. The van der Waals surface area contributed by atoms with Crippen molar-refractivity contribution in [1.82, 2.24) is 10.2 Å². The second kappa shape index (κ2) is 8.95. The van der Waals surface area contributed by atoms with Crippen LogP contribution in [-0.4, -0.2) is 34.5 Å². The van der Waals surface area contributed by atoms with Crippen LogP contribution in [0, 0.1) is 10.5 Å². The molecule has 0 spiro atoms. The molecule has 29 heavy (non-hydrogen) atoms. The van der Waals surface area contributed by atoms with Gasteiger partial charge in [0.05, 0.1) is 14.6 Å². The molecule has 0 saturated carbocycles. The molecule has 3 rings (SSSR count). The summed E-state index contributed by atoms with van der Waals surface area (Å²) in [4.78, 5) is 36.8. The van der Waals surface area contributed by atoms with Gasteiger partial charge in [0.2, 0.25) is 0 Å². The molecule has 2 aromatic carbocycles. The number of carbonyl (C=O) groups is 3. The third kappa shape index (κ3) is 5.15. The van der Waals surface area contributed by atoms with Gasteiger partial charge in [-0.05, 0) is 74.8 Å². The number of aryl methyl sites for hydroxylation is 1. The van der Waals surface area contributed by atoms with E-state index in [2.05, 4.69) is 21.2 Å². The average molecular weight is 571 g/mol. The van der Waals surface area contributed by atoms with Crippen LogP contribution < -0.4 is 10.1 Å². The molecule has 2 aromatic rings. The highest BCUT2D eigenvalue weighted by molar-refractivity contribution is 14.1. The lowest BCUT2D eigenvalue weighted by molar-refractivity contribution is -0.139. The molecule has 1 aliphatic heterocycles. The fraction of sp³-hybridized carbons (Fsp3) is 0.150. The van der Waals surface area contributed by atoms with Gasteiger partial charge in [0, 0.05) is 0 Å². The summed E-state index contributed by atoms with van der Waals surface area (Å²) in [6.07, 6.45) is 1.57. The van der Waals surface area contributed by atoms with Gasteiger partial charge < -0.3 is 15.2 Å². The lowest BCUT2D eigenvalue weighted by Crippen LogP contribution is -2.30. The molecule has 1 heterocycles. The van der Waals surface area contributed by atoms with Crippen LogP contribution in [0.3, 0.4) is 0 Å². The Morgan fingerprint density at radius 1 is 1.28 bits per heavy atom. The molecule has 150 valence electrons. The van der Waals surface area contributed by atoms with E-state index in [1.54, 1.807) is 18.2 Å². The number of nitrogens with one attached hydrogen (secondary N) is 1. The number of carbonyl (C=O) groups excluding carboxylic acids is 2. The number of ether oxygens (including phenoxy) is 1. The van der Waals surface area contributed by atoms with Crippen molar-refractivity contribution in [1.29, 1.82) is 0 Å². The maximum atomic E-state index is 12.7. The first-order valence-corrected chi connectivity index (χ1v) is 10.4. The molecule has 1 fully saturated rings. The third-order valence-corrected chi connectivity index (χ3v) is 5.49. The Balaban J connectivity index is 1.80. The highest BCUT2D eigenvalue weighted by atomic mass is 127. The zero-order valence-electron chi connectivity index (χ0n) is 15.2. The van der Waals surface area contributed by atoms with E-state index in [0.29, 0.717) is 19.4 Å². The van der Waals surface area contributed by atoms with E-state index < -0.39 is 24.5 Å². The predicted octanol–water partition coefficient (Wildman–Crippen LogP) is 3.92. The smallest absolute Gasteiger partial charge is 0.341 e. The van der Waals surface area contributed by atoms with Crippen LogP contribution >= 0.6 is 38.5 Å². The zero-order chi connectivity index (χ0) is 21.1. The zero-order valence-corrected chi connectivity index (χ0v) is 19.0. The summed E-state index contributed by atoms with van der Waals surface area (Å²) in [5.41, 5.74) is 2.79. The van der Waals surface area contributed by atoms with Crippen LogP contribution in [0.25, 0.3) is 6.08 Å². The number of benzene rings is 2. The van der Waals surface area contributed by atoms with Crippen LogP contribution in [0.2, 0.25) is 0 Å². The van der Waals surface area contributed by atoms with Gasteiger partial charge in [-0.15, -0.1) is 0 Å². The molecule has 1 aliphatic rings. The largest absolute Gasteiger partial charge is 0.480 e. The molecular weight excluding hydrogens is 555 g/mol. The molecular formula is C20H16BrIN2O5. The van der Waals surface area contributed by atoms with Gasteiger partial charge in [-0.25, -0.2) is 9.59 Å². The highest BCUT2D eigenvalue weighted by Gasteiger charge is 2.33. The number of amides is 3. The Labute approximate surface area is 189 Å². The van der Waals surface area contributed by atoms with Gasteiger partial charge in [-0.3, -0.25) is 9.69 Å². The highest BCUT2D eigenvalue weighted by Crippen LogP contribution is 2.33. The molecule has 7 nitrogen and oxygen atoms in total. The van der Waals surface area contributed by atoms with E-state index in [1.807, 2.05) is 53.8 Å². The van der Waals surface area contributed by atoms with E-state index in [4.69, 9.17) is 9.84 Å². The molecule has 0 aliphatic carbocycles. The van der Waals surface area contributed by atoms with E-state index in [1.165, 1.54) is 0 Å². The van der Waals surface area contributed by atoms with Crippen molar-refractivity contribution in [2.24, 2.45) is 0 Å². The number of imide groups is 1. The van der Waals surface area contributed by atoms with E-state index in [0.717, 1.165) is 16.0 Å². The van der Waals surface area contributed by atoms with Crippen LogP contribution in [0.5, 0.6) is 5.75 Å². The number of hydrogen-bond acceptors (Lipinski definition) is 4. The summed E-state index contributed by atoms with van der Waals surface area (Å²) in [6, 6.07) is 10.6. The van der Waals surface area contributed by atoms with Crippen LogP contribution in [0.4, 0.5) is 4.79 Å². The van der Waals surface area contributed by atoms with Crippen molar-refractivity contribution in [3.63, 3.8) is 0 Å². The fourth-order valence-electron chi connectivity index (χ4n) is 2.69. The molecule has 1 saturated heterocycles. The van der Waals surface area contributed by atoms with Gasteiger partial charge >= 0.3 is 12.0 Å². The van der Waals surface area contributed by atoms with Gasteiger partial charge in [0.25, 0.3) is 5.91 Å². The Bertz CT molecular complexity index is 997. The third-order valence-electron chi connectivity index (χ3n) is 4.10. The lowest BCUT2D eigenvalue weighted by Gasteiger charge is -2.12. The second-order valence-corrected chi connectivity index (χ2v) is 8.38. The maximum Gasteiger partial charge on any atom is 0.341 e. The Morgan fingerprint density at radius 3 is 2.59 bits per heavy atom. The summed E-state index contributed by atoms with van der Waals surface area (Å²) in [6.45, 7) is 1.69. The first kappa shape index (κ1) is 21.3. The number of carboxylic acids is 1. The van der Waals surface area contributed by atoms with Gasteiger partial charge in [0.1, 0.15) is 11.4 Å². The van der Waals surface area contributed by atoms with Gasteiger partial charge in [-0.1, -0.05) is 29.8 Å². The Hall–Kier alpha value is -2.40. The van der Waals surface area contributed by atoms with E-state index in [-0.39, 0.29) is 12.2 Å². The Kier molecular flexibility index (Phi) is 6.58. The average Bonchev–Trinajstić information content (AvgIpc) is 2.90. The lowest BCUT2D eigenvalue weighted by atomic mass is 10.1. The van der Waals surface area contributed by atoms with Crippen molar-refractivity contribution >= 4 is 62.5 Å². The normalized spacial score (nSPS) is 15.0. The quantitative estimate of drug-likeness (QED) is 0.312. The van der Waals surface area contributed by atoms with E-state index in [9.17, 15) is 14.4 Å². The predicted molar refractivity (Wildman–Crippen MR) is 118 cm³/mol. The maximum absolute atomic E-state index is 12.7. The molecule has 0 radical (unpaired) electrons. The Morgan fingerprint density at radius 2 is 1.97 bits per heavy atom. The number of hydrogen-bond donors (Lipinski definition) is 2. The number of aliphatic carboxylic acids is 1. The van der Waals surface area contributed by atoms with Crippen molar-refractivity contribution in [3.05, 3.63) is 66.8 Å². The standard InChI is InChI=1S/C20H16BrIN2O5/c1-11-2-4-12(5-3-11)9-24-19(27)16(23-20(24)28)8-13-6-14(21)18(15(22)7-13)29-10-17(25)26/h2-8H,9-10H2,1H3,(H,23,28)(H,25,26)/b16-8+. The molecule has 2 N–H and O–H groups in total. The summed E-state index contributed by atoms with van der Waals surface area (Å²) in [5.74, 6) is -1.09. The first-order valence-electron chi connectivity index (χ1n) is 8.48. The number of carboxylic acid groups (broad SMARTS) is 1. The minimum absolute atomic E-state index is 0.170. The first-order chi connectivity index (χ1) is 13.7. The van der Waals surface area contributed by atoms with Crippen LogP contribution in [0.1, 0.15) is 16.7 Å². The summed E-state index contributed by atoms with van der Waals surface area (Å²) >= 11 is 5.37. The SMILES string of the molecule is Cc1ccc(CN2C(=O)N/C(=C/c3cc(Br)c(OCC(=O)O)c(I)c3)C2=O)cc1. The molecule has 0 atom stereocenters. The summed E-state index contributed by atoms with van der Waals surface area (Å²) in [7, 11) is 0. The number of halogens is 2.